The van der Waals surface area contributed by atoms with Gasteiger partial charge >= 0.3 is 0 Å². The molecule has 0 spiro atoms. The summed E-state index contributed by atoms with van der Waals surface area (Å²) in [4.78, 5) is 4.69. The number of halogens is 2. The maximum Gasteiger partial charge on any atom is 0.128 e. The summed E-state index contributed by atoms with van der Waals surface area (Å²) in [5, 5.41) is 0. The van der Waals surface area contributed by atoms with Crippen LogP contribution in [0.4, 0.5) is 10.1 Å². The van der Waals surface area contributed by atoms with Crippen LogP contribution < -0.4 is 4.90 Å². The Labute approximate surface area is 133 Å². The summed E-state index contributed by atoms with van der Waals surface area (Å²) in [6.07, 6.45) is 0. The lowest BCUT2D eigenvalue weighted by molar-refractivity contribution is 0.246. The van der Waals surface area contributed by atoms with Crippen LogP contribution in [0.2, 0.25) is 0 Å². The van der Waals surface area contributed by atoms with Crippen molar-refractivity contribution < 1.29 is 4.39 Å². The second kappa shape index (κ2) is 6.58. The van der Waals surface area contributed by atoms with Gasteiger partial charge in [0.15, 0.2) is 0 Å². The first-order valence-electron chi connectivity index (χ1n) is 7.18. The van der Waals surface area contributed by atoms with Crippen molar-refractivity contribution in [3.63, 3.8) is 0 Å². The van der Waals surface area contributed by atoms with E-state index in [4.69, 9.17) is 0 Å². The maximum absolute atomic E-state index is 13.9. The zero-order chi connectivity index (χ0) is 14.7. The van der Waals surface area contributed by atoms with Crippen molar-refractivity contribution in [2.75, 3.05) is 31.1 Å². The summed E-state index contributed by atoms with van der Waals surface area (Å²) < 4.78 is 14.7. The van der Waals surface area contributed by atoms with E-state index in [1.54, 1.807) is 0 Å². The van der Waals surface area contributed by atoms with Crippen molar-refractivity contribution in [1.29, 1.82) is 0 Å². The number of hydrogen-bond acceptors (Lipinski definition) is 2. The van der Waals surface area contributed by atoms with Gasteiger partial charge in [-0.05, 0) is 24.3 Å². The van der Waals surface area contributed by atoms with E-state index >= 15 is 0 Å². The summed E-state index contributed by atoms with van der Waals surface area (Å²) in [6.45, 7) is 4.58. The maximum atomic E-state index is 13.9. The number of benzene rings is 2. The van der Waals surface area contributed by atoms with Gasteiger partial charge in [0.1, 0.15) is 5.82 Å². The highest BCUT2D eigenvalue weighted by molar-refractivity contribution is 9.10. The van der Waals surface area contributed by atoms with Gasteiger partial charge in [0, 0.05) is 48.4 Å². The molecule has 1 aliphatic heterocycles. The van der Waals surface area contributed by atoms with Gasteiger partial charge in [-0.1, -0.05) is 40.2 Å². The average Bonchev–Trinajstić information content (AvgIpc) is 2.52. The number of piperazine rings is 1. The molecular formula is C17H18BrFN2. The highest BCUT2D eigenvalue weighted by Gasteiger charge is 2.18. The van der Waals surface area contributed by atoms with E-state index in [9.17, 15) is 4.39 Å². The Morgan fingerprint density at radius 3 is 2.33 bits per heavy atom. The molecule has 0 radical (unpaired) electrons. The Balaban J connectivity index is 1.59. The molecule has 0 atom stereocenters. The standard InChI is InChI=1S/C17H18BrFN2/c18-15-7-6-14(17(19)12-15)13-20-8-10-21(11-9-20)16-4-2-1-3-5-16/h1-7,12H,8-11,13H2. The molecule has 0 saturated carbocycles. The molecule has 1 aliphatic rings. The quantitative estimate of drug-likeness (QED) is 0.829. The first-order valence-corrected chi connectivity index (χ1v) is 7.98. The number of hydrogen-bond donors (Lipinski definition) is 0. The van der Waals surface area contributed by atoms with Crippen LogP contribution in [0.5, 0.6) is 0 Å². The van der Waals surface area contributed by atoms with Gasteiger partial charge in [-0.15, -0.1) is 0 Å². The highest BCUT2D eigenvalue weighted by atomic mass is 79.9. The molecule has 0 N–H and O–H groups in total. The van der Waals surface area contributed by atoms with Gasteiger partial charge in [0.25, 0.3) is 0 Å². The molecule has 110 valence electrons. The molecule has 1 heterocycles. The van der Waals surface area contributed by atoms with Crippen LogP contribution in [-0.4, -0.2) is 31.1 Å². The van der Waals surface area contributed by atoms with E-state index in [1.165, 1.54) is 11.8 Å². The molecule has 1 saturated heterocycles. The molecule has 2 nitrogen and oxygen atoms in total. The third-order valence-electron chi connectivity index (χ3n) is 3.90. The van der Waals surface area contributed by atoms with Crippen LogP contribution in [0.25, 0.3) is 0 Å². The van der Waals surface area contributed by atoms with Crippen molar-refractivity contribution in [1.82, 2.24) is 4.90 Å². The zero-order valence-corrected chi connectivity index (χ0v) is 13.4. The second-order valence-corrected chi connectivity index (χ2v) is 6.25. The zero-order valence-electron chi connectivity index (χ0n) is 11.8. The minimum Gasteiger partial charge on any atom is -0.369 e. The summed E-state index contributed by atoms with van der Waals surface area (Å²) in [5.74, 6) is -0.130. The Hall–Kier alpha value is -1.39. The van der Waals surface area contributed by atoms with E-state index in [0.29, 0.717) is 6.54 Å². The predicted octanol–water partition coefficient (Wildman–Crippen LogP) is 3.91. The van der Waals surface area contributed by atoms with Crippen molar-refractivity contribution in [3.05, 3.63) is 64.4 Å². The fraction of sp³-hybridized carbons (Fsp3) is 0.294. The molecule has 2 aromatic carbocycles. The van der Waals surface area contributed by atoms with Crippen molar-refractivity contribution in [2.45, 2.75) is 6.54 Å². The van der Waals surface area contributed by atoms with Gasteiger partial charge in [-0.2, -0.15) is 0 Å². The molecular weight excluding hydrogens is 331 g/mol. The Morgan fingerprint density at radius 1 is 0.952 bits per heavy atom. The number of anilines is 1. The lowest BCUT2D eigenvalue weighted by Crippen LogP contribution is -2.46. The smallest absolute Gasteiger partial charge is 0.128 e. The third kappa shape index (κ3) is 3.63. The average molecular weight is 349 g/mol. The van der Waals surface area contributed by atoms with Gasteiger partial charge in [0.05, 0.1) is 0 Å². The lowest BCUT2D eigenvalue weighted by atomic mass is 10.1. The van der Waals surface area contributed by atoms with E-state index in [1.807, 2.05) is 18.2 Å². The Bertz CT molecular complexity index is 595. The second-order valence-electron chi connectivity index (χ2n) is 5.33. The van der Waals surface area contributed by atoms with E-state index in [0.717, 1.165) is 36.2 Å². The third-order valence-corrected chi connectivity index (χ3v) is 4.40. The molecule has 2 aromatic rings. The number of para-hydroxylation sites is 1. The van der Waals surface area contributed by atoms with Crippen LogP contribution >= 0.6 is 15.9 Å². The van der Waals surface area contributed by atoms with Crippen molar-refractivity contribution >= 4 is 21.6 Å². The molecule has 0 aromatic heterocycles. The van der Waals surface area contributed by atoms with Crippen LogP contribution in [0.3, 0.4) is 0 Å². The van der Waals surface area contributed by atoms with Crippen LogP contribution in [0, 0.1) is 5.82 Å². The highest BCUT2D eigenvalue weighted by Crippen LogP contribution is 2.19. The predicted molar refractivity (Wildman–Crippen MR) is 88.0 cm³/mol. The molecule has 4 heteroatoms. The minimum atomic E-state index is -0.130. The molecule has 0 bridgehead atoms. The number of nitrogens with zero attached hydrogens (tertiary/aromatic N) is 2. The van der Waals surface area contributed by atoms with Gasteiger partial charge < -0.3 is 4.90 Å². The summed E-state index contributed by atoms with van der Waals surface area (Å²) in [5.41, 5.74) is 2.04. The van der Waals surface area contributed by atoms with Gasteiger partial charge in [-0.3, -0.25) is 4.90 Å². The summed E-state index contributed by atoms with van der Waals surface area (Å²) in [7, 11) is 0. The Morgan fingerprint density at radius 2 is 1.67 bits per heavy atom. The monoisotopic (exact) mass is 348 g/mol. The van der Waals surface area contributed by atoms with Crippen molar-refractivity contribution in [3.8, 4) is 0 Å². The van der Waals surface area contributed by atoms with Crippen LogP contribution in [0.15, 0.2) is 53.0 Å². The van der Waals surface area contributed by atoms with Crippen LogP contribution in [-0.2, 0) is 6.54 Å². The van der Waals surface area contributed by atoms with E-state index in [-0.39, 0.29) is 5.82 Å². The van der Waals surface area contributed by atoms with Crippen LogP contribution in [0.1, 0.15) is 5.56 Å². The SMILES string of the molecule is Fc1cc(Br)ccc1CN1CCN(c2ccccc2)CC1. The van der Waals surface area contributed by atoms with E-state index in [2.05, 4.69) is 50.0 Å². The Kier molecular flexibility index (Phi) is 4.56. The van der Waals surface area contributed by atoms with Gasteiger partial charge in [-0.25, -0.2) is 4.39 Å². The van der Waals surface area contributed by atoms with Crippen molar-refractivity contribution in [2.24, 2.45) is 0 Å². The molecule has 1 fully saturated rings. The minimum absolute atomic E-state index is 0.130. The molecule has 0 aliphatic carbocycles. The lowest BCUT2D eigenvalue weighted by Gasteiger charge is -2.36. The topological polar surface area (TPSA) is 6.48 Å². The van der Waals surface area contributed by atoms with Gasteiger partial charge in [0.2, 0.25) is 0 Å². The molecule has 0 unspecified atom stereocenters. The summed E-state index contributed by atoms with van der Waals surface area (Å²) in [6, 6.07) is 15.8. The normalized spacial score (nSPS) is 16.2. The first-order chi connectivity index (χ1) is 10.2. The fourth-order valence-corrected chi connectivity index (χ4v) is 3.03. The largest absolute Gasteiger partial charge is 0.369 e. The number of rotatable bonds is 3. The summed E-state index contributed by atoms with van der Waals surface area (Å²) >= 11 is 3.29. The first kappa shape index (κ1) is 14.5. The molecule has 21 heavy (non-hydrogen) atoms. The molecule has 0 amide bonds. The molecule has 3 rings (SSSR count). The fourth-order valence-electron chi connectivity index (χ4n) is 2.69. The van der Waals surface area contributed by atoms with E-state index < -0.39 is 0 Å².